The number of carbonyl (C=O) groups is 2. The minimum atomic E-state index is -0.422. The fourth-order valence-corrected chi connectivity index (χ4v) is 1.85. The van der Waals surface area contributed by atoms with E-state index in [0.717, 1.165) is 0 Å². The number of benzene rings is 1. The number of phenols is 1. The van der Waals surface area contributed by atoms with E-state index >= 15 is 0 Å². The van der Waals surface area contributed by atoms with Gasteiger partial charge in [0, 0.05) is 23.6 Å². The molecule has 1 aromatic heterocycles. The number of aromatic hydroxyl groups is 1. The molecule has 1 aromatic carbocycles. The summed E-state index contributed by atoms with van der Waals surface area (Å²) in [5.74, 6) is -0.571. The molecule has 98 valence electrons. The minimum Gasteiger partial charge on any atom is -0.506 e. The number of ether oxygens (including phenoxy) is 1. The number of fused-ring (bicyclic) bond motifs is 1. The number of methoxy groups -OCH3 is 1. The first-order chi connectivity index (χ1) is 9.13. The molecule has 19 heavy (non-hydrogen) atoms. The van der Waals surface area contributed by atoms with Crippen LogP contribution >= 0.6 is 0 Å². The number of rotatable bonds is 4. The summed E-state index contributed by atoms with van der Waals surface area (Å²) in [5, 5.41) is 10.3. The molecular formula is C14H13NO4. The Kier molecular flexibility index (Phi) is 3.75. The van der Waals surface area contributed by atoms with Gasteiger partial charge in [0.25, 0.3) is 0 Å². The summed E-state index contributed by atoms with van der Waals surface area (Å²) in [4.78, 5) is 27.2. The summed E-state index contributed by atoms with van der Waals surface area (Å²) in [6.07, 6.45) is 1.66. The third-order valence-corrected chi connectivity index (χ3v) is 2.83. The molecule has 1 N–H and O–H groups in total. The van der Waals surface area contributed by atoms with Gasteiger partial charge < -0.3 is 9.84 Å². The second-order valence-corrected chi connectivity index (χ2v) is 4.03. The third kappa shape index (κ3) is 2.70. The summed E-state index contributed by atoms with van der Waals surface area (Å²) in [6, 6.07) is 6.38. The van der Waals surface area contributed by atoms with Crippen LogP contribution in [0.3, 0.4) is 0 Å². The van der Waals surface area contributed by atoms with Crippen molar-refractivity contribution in [2.45, 2.75) is 12.8 Å². The van der Waals surface area contributed by atoms with E-state index in [9.17, 15) is 14.7 Å². The number of nitrogens with zero attached hydrogens (tertiary/aromatic N) is 1. The van der Waals surface area contributed by atoms with Crippen LogP contribution in [0, 0.1) is 0 Å². The zero-order valence-electron chi connectivity index (χ0n) is 10.4. The summed E-state index contributed by atoms with van der Waals surface area (Å²) in [6.45, 7) is 0. The van der Waals surface area contributed by atoms with Gasteiger partial charge in [-0.05, 0) is 18.2 Å². The number of aromatic nitrogens is 1. The van der Waals surface area contributed by atoms with E-state index in [1.54, 1.807) is 24.4 Å². The van der Waals surface area contributed by atoms with E-state index in [1.807, 2.05) is 0 Å². The highest BCUT2D eigenvalue weighted by molar-refractivity contribution is 6.09. The summed E-state index contributed by atoms with van der Waals surface area (Å²) in [7, 11) is 1.28. The molecule has 0 amide bonds. The molecule has 2 rings (SSSR count). The predicted molar refractivity (Wildman–Crippen MR) is 69.0 cm³/mol. The fourth-order valence-electron chi connectivity index (χ4n) is 1.85. The van der Waals surface area contributed by atoms with Gasteiger partial charge in [-0.3, -0.25) is 14.6 Å². The lowest BCUT2D eigenvalue weighted by atomic mass is 10.0. The molecular weight excluding hydrogens is 246 g/mol. The Labute approximate surface area is 109 Å². The Hall–Kier alpha value is -2.43. The van der Waals surface area contributed by atoms with Crippen molar-refractivity contribution in [2.24, 2.45) is 0 Å². The molecule has 1 heterocycles. The highest BCUT2D eigenvalue weighted by Crippen LogP contribution is 2.26. The van der Waals surface area contributed by atoms with Crippen LogP contribution in [-0.4, -0.2) is 29.0 Å². The average Bonchev–Trinajstić information content (AvgIpc) is 2.45. The van der Waals surface area contributed by atoms with Crippen LogP contribution in [0.15, 0.2) is 30.5 Å². The molecule has 0 aliphatic rings. The lowest BCUT2D eigenvalue weighted by Gasteiger charge is -2.06. The van der Waals surface area contributed by atoms with E-state index in [4.69, 9.17) is 0 Å². The van der Waals surface area contributed by atoms with Crippen molar-refractivity contribution in [3.63, 3.8) is 0 Å². The summed E-state index contributed by atoms with van der Waals surface area (Å²) >= 11 is 0. The molecule has 0 unspecified atom stereocenters. The van der Waals surface area contributed by atoms with Gasteiger partial charge in [0.1, 0.15) is 11.3 Å². The van der Waals surface area contributed by atoms with Crippen molar-refractivity contribution < 1.29 is 19.4 Å². The zero-order valence-corrected chi connectivity index (χ0v) is 10.4. The molecule has 0 atom stereocenters. The Bertz CT molecular complexity index is 636. The van der Waals surface area contributed by atoms with Crippen molar-refractivity contribution in [1.29, 1.82) is 0 Å². The number of carbonyl (C=O) groups excluding carboxylic acids is 2. The van der Waals surface area contributed by atoms with Crippen molar-refractivity contribution in [3.8, 4) is 5.75 Å². The quantitative estimate of drug-likeness (QED) is 0.672. The first-order valence-electron chi connectivity index (χ1n) is 5.80. The van der Waals surface area contributed by atoms with Crippen LogP contribution in [0.2, 0.25) is 0 Å². The van der Waals surface area contributed by atoms with E-state index < -0.39 is 5.97 Å². The number of phenolic OH excluding ortho intramolecular Hbond substituents is 1. The van der Waals surface area contributed by atoms with Crippen molar-refractivity contribution in [3.05, 3.63) is 36.0 Å². The average molecular weight is 259 g/mol. The highest BCUT2D eigenvalue weighted by Gasteiger charge is 2.14. The molecule has 0 fully saturated rings. The van der Waals surface area contributed by atoms with Gasteiger partial charge in [-0.25, -0.2) is 0 Å². The predicted octanol–water partition coefficient (Wildman–Crippen LogP) is 2.08. The van der Waals surface area contributed by atoms with Gasteiger partial charge in [-0.15, -0.1) is 0 Å². The van der Waals surface area contributed by atoms with Crippen molar-refractivity contribution >= 4 is 22.7 Å². The number of pyridine rings is 1. The number of hydrogen-bond acceptors (Lipinski definition) is 5. The van der Waals surface area contributed by atoms with E-state index in [-0.39, 0.29) is 24.4 Å². The maximum absolute atomic E-state index is 12.1. The standard InChI is InChI=1S/C14H13NO4/c1-19-13(18)7-6-11(16)9-4-5-12(17)14-10(9)3-2-8-15-14/h2-5,8,17H,6-7H2,1H3. The molecule has 0 bridgehead atoms. The number of Topliss-reactive ketones (excluding diaryl/α,β-unsaturated/α-hetero) is 1. The maximum Gasteiger partial charge on any atom is 0.305 e. The highest BCUT2D eigenvalue weighted by atomic mass is 16.5. The maximum atomic E-state index is 12.1. The Balaban J connectivity index is 2.32. The van der Waals surface area contributed by atoms with Crippen LogP contribution in [0.4, 0.5) is 0 Å². The molecule has 5 heteroatoms. The first-order valence-corrected chi connectivity index (χ1v) is 5.80. The Morgan fingerprint density at radius 1 is 1.26 bits per heavy atom. The number of esters is 1. The van der Waals surface area contributed by atoms with Gasteiger partial charge in [0.2, 0.25) is 0 Å². The lowest BCUT2D eigenvalue weighted by Crippen LogP contribution is -2.06. The van der Waals surface area contributed by atoms with E-state index in [0.29, 0.717) is 16.5 Å². The van der Waals surface area contributed by atoms with Gasteiger partial charge in [-0.1, -0.05) is 6.07 Å². The van der Waals surface area contributed by atoms with E-state index in [2.05, 4.69) is 9.72 Å². The van der Waals surface area contributed by atoms with Crippen LogP contribution in [-0.2, 0) is 9.53 Å². The van der Waals surface area contributed by atoms with Gasteiger partial charge in [0.05, 0.1) is 13.5 Å². The van der Waals surface area contributed by atoms with Gasteiger partial charge in [-0.2, -0.15) is 0 Å². The summed E-state index contributed by atoms with van der Waals surface area (Å²) in [5.41, 5.74) is 0.830. The molecule has 5 nitrogen and oxygen atoms in total. The molecule has 0 aliphatic heterocycles. The normalized spacial score (nSPS) is 10.4. The SMILES string of the molecule is COC(=O)CCC(=O)c1ccc(O)c2ncccc12. The van der Waals surface area contributed by atoms with Crippen molar-refractivity contribution in [2.75, 3.05) is 7.11 Å². The lowest BCUT2D eigenvalue weighted by molar-refractivity contribution is -0.140. The molecule has 2 aromatic rings. The first kappa shape index (κ1) is 13.0. The smallest absolute Gasteiger partial charge is 0.305 e. The largest absolute Gasteiger partial charge is 0.506 e. The molecule has 0 radical (unpaired) electrons. The third-order valence-electron chi connectivity index (χ3n) is 2.83. The second kappa shape index (κ2) is 5.48. The molecule has 0 saturated heterocycles. The van der Waals surface area contributed by atoms with Crippen LogP contribution < -0.4 is 0 Å². The van der Waals surface area contributed by atoms with Crippen LogP contribution in [0.1, 0.15) is 23.2 Å². The topological polar surface area (TPSA) is 76.5 Å². The monoisotopic (exact) mass is 259 g/mol. The van der Waals surface area contributed by atoms with E-state index in [1.165, 1.54) is 13.2 Å². The molecule has 0 spiro atoms. The minimum absolute atomic E-state index is 0.0279. The molecule has 0 aliphatic carbocycles. The molecule has 0 saturated carbocycles. The van der Waals surface area contributed by atoms with Crippen LogP contribution in [0.5, 0.6) is 5.75 Å². The fraction of sp³-hybridized carbons (Fsp3) is 0.214. The Morgan fingerprint density at radius 2 is 2.05 bits per heavy atom. The summed E-state index contributed by atoms with van der Waals surface area (Å²) < 4.78 is 4.50. The van der Waals surface area contributed by atoms with Gasteiger partial charge >= 0.3 is 5.97 Å². The van der Waals surface area contributed by atoms with Gasteiger partial charge in [0.15, 0.2) is 5.78 Å². The second-order valence-electron chi connectivity index (χ2n) is 4.03. The van der Waals surface area contributed by atoms with Crippen molar-refractivity contribution in [1.82, 2.24) is 4.98 Å². The number of hydrogen-bond donors (Lipinski definition) is 1. The zero-order chi connectivity index (χ0) is 13.8. The Morgan fingerprint density at radius 3 is 2.79 bits per heavy atom. The number of ketones is 1. The van der Waals surface area contributed by atoms with Crippen LogP contribution in [0.25, 0.3) is 10.9 Å².